The molecule has 0 spiro atoms. The molecule has 0 heterocycles. The number of amides is 1. The van der Waals surface area contributed by atoms with E-state index in [0.29, 0.717) is 23.5 Å². The molecule has 0 aliphatic rings. The Labute approximate surface area is 158 Å². The fourth-order valence-electron chi connectivity index (χ4n) is 2.32. The largest absolute Gasteiger partial charge is 0.494 e. The fraction of sp³-hybridized carbons (Fsp3) is 0.278. The normalized spacial score (nSPS) is 11.1. The molecule has 2 rings (SSSR count). The Morgan fingerprint density at radius 3 is 2.38 bits per heavy atom. The highest BCUT2D eigenvalue weighted by Crippen LogP contribution is 2.30. The van der Waals surface area contributed by atoms with Crippen LogP contribution in [-0.2, 0) is 14.6 Å². The number of nitrogens with one attached hydrogen (secondary N) is 2. The molecule has 26 heavy (non-hydrogen) atoms. The molecule has 0 aromatic heterocycles. The maximum atomic E-state index is 12.1. The van der Waals surface area contributed by atoms with Crippen molar-refractivity contribution in [3.63, 3.8) is 0 Å². The van der Waals surface area contributed by atoms with Crippen molar-refractivity contribution in [3.8, 4) is 5.75 Å². The number of hydrogen-bond acceptors (Lipinski definition) is 5. The van der Waals surface area contributed by atoms with Gasteiger partial charge in [0.15, 0.2) is 9.84 Å². The zero-order chi connectivity index (χ0) is 19.3. The van der Waals surface area contributed by atoms with Crippen LogP contribution in [0.25, 0.3) is 0 Å². The van der Waals surface area contributed by atoms with Crippen LogP contribution < -0.4 is 15.4 Å². The highest BCUT2D eigenvalue weighted by atomic mass is 35.5. The second kappa shape index (κ2) is 8.42. The van der Waals surface area contributed by atoms with Gasteiger partial charge in [0.1, 0.15) is 5.75 Å². The molecule has 0 bridgehead atoms. The highest BCUT2D eigenvalue weighted by Gasteiger charge is 2.16. The van der Waals surface area contributed by atoms with Crippen molar-refractivity contribution in [2.24, 2.45) is 0 Å². The predicted molar refractivity (Wildman–Crippen MR) is 104 cm³/mol. The van der Waals surface area contributed by atoms with Crippen LogP contribution in [-0.4, -0.2) is 33.7 Å². The van der Waals surface area contributed by atoms with Gasteiger partial charge in [-0.25, -0.2) is 8.42 Å². The van der Waals surface area contributed by atoms with Crippen molar-refractivity contribution in [3.05, 3.63) is 47.0 Å². The topological polar surface area (TPSA) is 84.5 Å². The van der Waals surface area contributed by atoms with Crippen LogP contribution in [0, 0.1) is 6.92 Å². The lowest BCUT2D eigenvalue weighted by atomic mass is 10.2. The third kappa shape index (κ3) is 5.12. The van der Waals surface area contributed by atoms with Gasteiger partial charge in [0.25, 0.3) is 0 Å². The number of carbonyl (C=O) groups excluding carboxylic acids is 1. The standard InChI is InChI=1S/C18H21ClN2O4S/c1-4-25-14-7-5-13(6-8-14)21-17(22)11-20-15-9-10-16(26(3,23)24)18(19)12(15)2/h5-10,20H,4,11H2,1-3H3,(H,21,22). The lowest BCUT2D eigenvalue weighted by Crippen LogP contribution is -2.22. The first-order valence-corrected chi connectivity index (χ1v) is 10.2. The van der Waals surface area contributed by atoms with E-state index in [9.17, 15) is 13.2 Å². The Bertz CT molecular complexity index is 896. The summed E-state index contributed by atoms with van der Waals surface area (Å²) >= 11 is 6.14. The predicted octanol–water partition coefficient (Wildman–Crippen LogP) is 3.50. The van der Waals surface area contributed by atoms with Gasteiger partial charge in [-0.15, -0.1) is 0 Å². The SMILES string of the molecule is CCOc1ccc(NC(=O)CNc2ccc(S(C)(=O)=O)c(Cl)c2C)cc1. The Morgan fingerprint density at radius 1 is 1.15 bits per heavy atom. The van der Waals surface area contributed by atoms with Crippen LogP contribution in [0.15, 0.2) is 41.3 Å². The Kier molecular flexibility index (Phi) is 6.50. The molecular weight excluding hydrogens is 376 g/mol. The molecule has 140 valence electrons. The first kappa shape index (κ1) is 20.1. The number of carbonyl (C=O) groups is 1. The van der Waals surface area contributed by atoms with Crippen molar-refractivity contribution >= 4 is 38.7 Å². The quantitative estimate of drug-likeness (QED) is 0.748. The third-order valence-electron chi connectivity index (χ3n) is 3.64. The zero-order valence-corrected chi connectivity index (χ0v) is 16.4. The molecule has 0 unspecified atom stereocenters. The molecule has 1 amide bonds. The Balaban J connectivity index is 2.00. The molecule has 2 N–H and O–H groups in total. The molecule has 0 aliphatic heterocycles. The average molecular weight is 397 g/mol. The van der Waals surface area contributed by atoms with Crippen LogP contribution in [0.3, 0.4) is 0 Å². The number of benzene rings is 2. The number of rotatable bonds is 7. The lowest BCUT2D eigenvalue weighted by molar-refractivity contribution is -0.114. The summed E-state index contributed by atoms with van der Waals surface area (Å²) in [5.74, 6) is 0.497. The minimum atomic E-state index is -3.40. The van der Waals surface area contributed by atoms with Crippen molar-refractivity contribution in [2.75, 3.05) is 30.0 Å². The summed E-state index contributed by atoms with van der Waals surface area (Å²) in [6.45, 7) is 4.19. The van der Waals surface area contributed by atoms with Gasteiger partial charge in [-0.05, 0) is 55.8 Å². The number of anilines is 2. The summed E-state index contributed by atoms with van der Waals surface area (Å²) in [6.07, 6.45) is 1.10. The number of ether oxygens (including phenoxy) is 1. The van der Waals surface area contributed by atoms with Crippen molar-refractivity contribution in [1.29, 1.82) is 0 Å². The van der Waals surface area contributed by atoms with Crippen LogP contribution >= 0.6 is 11.6 Å². The van der Waals surface area contributed by atoms with Crippen LogP contribution in [0.5, 0.6) is 5.75 Å². The monoisotopic (exact) mass is 396 g/mol. The Hall–Kier alpha value is -2.25. The summed E-state index contributed by atoms with van der Waals surface area (Å²) in [4.78, 5) is 12.2. The molecule has 0 fully saturated rings. The molecule has 0 saturated heterocycles. The van der Waals surface area contributed by atoms with Crippen LogP contribution in [0.1, 0.15) is 12.5 Å². The van der Waals surface area contributed by atoms with Crippen LogP contribution in [0.2, 0.25) is 5.02 Å². The van der Waals surface area contributed by atoms with E-state index >= 15 is 0 Å². The molecule has 2 aromatic rings. The van der Waals surface area contributed by atoms with Gasteiger partial charge in [0.05, 0.1) is 23.1 Å². The number of hydrogen-bond donors (Lipinski definition) is 2. The fourth-order valence-corrected chi connectivity index (χ4v) is 3.70. The maximum absolute atomic E-state index is 12.1. The Morgan fingerprint density at radius 2 is 1.81 bits per heavy atom. The van der Waals surface area contributed by atoms with E-state index in [-0.39, 0.29) is 22.4 Å². The second-order valence-corrected chi connectivity index (χ2v) is 8.04. The molecule has 0 atom stereocenters. The zero-order valence-electron chi connectivity index (χ0n) is 14.8. The first-order valence-electron chi connectivity index (χ1n) is 7.98. The van der Waals surface area contributed by atoms with Gasteiger partial charge in [-0.2, -0.15) is 0 Å². The second-order valence-electron chi connectivity index (χ2n) is 5.68. The average Bonchev–Trinajstić information content (AvgIpc) is 2.57. The molecule has 6 nitrogen and oxygen atoms in total. The molecule has 8 heteroatoms. The number of halogens is 1. The smallest absolute Gasteiger partial charge is 0.243 e. The van der Waals surface area contributed by atoms with Crippen molar-refractivity contribution < 1.29 is 17.9 Å². The summed E-state index contributed by atoms with van der Waals surface area (Å²) in [5, 5.41) is 5.89. The van der Waals surface area contributed by atoms with Gasteiger partial charge < -0.3 is 15.4 Å². The van der Waals surface area contributed by atoms with Gasteiger partial charge in [0.2, 0.25) is 5.91 Å². The van der Waals surface area contributed by atoms with E-state index in [0.717, 1.165) is 12.0 Å². The van der Waals surface area contributed by atoms with E-state index in [1.54, 1.807) is 37.3 Å². The highest BCUT2D eigenvalue weighted by molar-refractivity contribution is 7.90. The molecular formula is C18H21ClN2O4S. The van der Waals surface area contributed by atoms with Gasteiger partial charge in [0, 0.05) is 17.6 Å². The summed E-state index contributed by atoms with van der Waals surface area (Å²) in [7, 11) is -3.40. The maximum Gasteiger partial charge on any atom is 0.243 e. The van der Waals surface area contributed by atoms with E-state index in [4.69, 9.17) is 16.3 Å². The minimum Gasteiger partial charge on any atom is -0.494 e. The van der Waals surface area contributed by atoms with E-state index in [1.807, 2.05) is 6.92 Å². The third-order valence-corrected chi connectivity index (χ3v) is 5.38. The van der Waals surface area contributed by atoms with Gasteiger partial charge >= 0.3 is 0 Å². The molecule has 0 saturated carbocycles. The minimum absolute atomic E-state index is 0.0165. The van der Waals surface area contributed by atoms with Gasteiger partial charge in [-0.3, -0.25) is 4.79 Å². The summed E-state index contributed by atoms with van der Waals surface area (Å²) in [5.41, 5.74) is 1.83. The summed E-state index contributed by atoms with van der Waals surface area (Å²) < 4.78 is 28.7. The van der Waals surface area contributed by atoms with Gasteiger partial charge in [-0.1, -0.05) is 11.6 Å². The van der Waals surface area contributed by atoms with Crippen LogP contribution in [0.4, 0.5) is 11.4 Å². The summed E-state index contributed by atoms with van der Waals surface area (Å²) in [6, 6.07) is 10.1. The van der Waals surface area contributed by atoms with E-state index in [1.165, 1.54) is 6.07 Å². The first-order chi connectivity index (χ1) is 12.2. The molecule has 0 radical (unpaired) electrons. The molecule has 2 aromatic carbocycles. The van der Waals surface area contributed by atoms with E-state index < -0.39 is 9.84 Å². The number of sulfone groups is 1. The van der Waals surface area contributed by atoms with Crippen molar-refractivity contribution in [2.45, 2.75) is 18.7 Å². The lowest BCUT2D eigenvalue weighted by Gasteiger charge is -2.13. The molecule has 0 aliphatic carbocycles. The van der Waals surface area contributed by atoms with Crippen molar-refractivity contribution in [1.82, 2.24) is 0 Å². The van der Waals surface area contributed by atoms with E-state index in [2.05, 4.69) is 10.6 Å².